The highest BCUT2D eigenvalue weighted by Gasteiger charge is 2.34. The average Bonchev–Trinajstić information content (AvgIpc) is 2.67. The Morgan fingerprint density at radius 3 is 2.15 bits per heavy atom. The number of amides is 2. The summed E-state index contributed by atoms with van der Waals surface area (Å²) in [6.45, 7) is 3.81. The summed E-state index contributed by atoms with van der Waals surface area (Å²) in [7, 11) is 0. The molecule has 27 heavy (non-hydrogen) atoms. The van der Waals surface area contributed by atoms with Crippen LogP contribution in [0.15, 0.2) is 24.3 Å². The third kappa shape index (κ3) is 4.45. The van der Waals surface area contributed by atoms with E-state index < -0.39 is 11.7 Å². The Hall–Kier alpha value is -2.05. The monoisotopic (exact) mass is 382 g/mol. The third-order valence-corrected chi connectivity index (χ3v) is 5.68. The molecule has 2 saturated heterocycles. The molecule has 1 unspecified atom stereocenters. The van der Waals surface area contributed by atoms with E-state index in [1.54, 1.807) is 4.90 Å². The minimum Gasteiger partial charge on any atom is -0.340 e. The zero-order valence-electron chi connectivity index (χ0n) is 15.5. The van der Waals surface area contributed by atoms with Gasteiger partial charge in [0.25, 0.3) is 5.91 Å². The minimum atomic E-state index is -4.41. The second-order valence-corrected chi connectivity index (χ2v) is 7.52. The summed E-state index contributed by atoms with van der Waals surface area (Å²) in [5.74, 6) is -0.160. The van der Waals surface area contributed by atoms with Gasteiger partial charge < -0.3 is 9.80 Å². The van der Waals surface area contributed by atoms with Gasteiger partial charge in [-0.1, -0.05) is 0 Å². The second-order valence-electron chi connectivity index (χ2n) is 7.52. The van der Waals surface area contributed by atoms with Crippen LogP contribution < -0.4 is 0 Å². The maximum absolute atomic E-state index is 12.8. The fourth-order valence-corrected chi connectivity index (χ4v) is 3.97. The van der Waals surface area contributed by atoms with E-state index in [4.69, 9.17) is 0 Å². The number of likely N-dealkylation sites (tertiary alicyclic amines) is 2. The largest absolute Gasteiger partial charge is 0.416 e. The van der Waals surface area contributed by atoms with Gasteiger partial charge in [0.2, 0.25) is 5.91 Å². The first-order valence-corrected chi connectivity index (χ1v) is 9.54. The molecule has 3 rings (SSSR count). The van der Waals surface area contributed by atoms with Crippen LogP contribution in [0.5, 0.6) is 0 Å². The minimum absolute atomic E-state index is 0.0674. The van der Waals surface area contributed by atoms with Gasteiger partial charge in [-0.2, -0.15) is 13.2 Å². The lowest BCUT2D eigenvalue weighted by atomic mass is 9.92. The molecule has 148 valence electrons. The molecule has 0 radical (unpaired) electrons. The number of hydrogen-bond acceptors (Lipinski definition) is 2. The van der Waals surface area contributed by atoms with Crippen LogP contribution in [0, 0.1) is 5.92 Å². The highest BCUT2D eigenvalue weighted by Crippen LogP contribution is 2.30. The molecule has 0 bridgehead atoms. The van der Waals surface area contributed by atoms with Crippen molar-refractivity contribution in [2.24, 2.45) is 5.92 Å². The van der Waals surface area contributed by atoms with Gasteiger partial charge in [0.05, 0.1) is 5.56 Å². The molecule has 2 fully saturated rings. The number of carbonyl (C=O) groups is 2. The van der Waals surface area contributed by atoms with Crippen LogP contribution in [-0.4, -0.2) is 47.3 Å². The van der Waals surface area contributed by atoms with Crippen LogP contribution in [0.4, 0.5) is 13.2 Å². The summed E-state index contributed by atoms with van der Waals surface area (Å²) < 4.78 is 37.9. The van der Waals surface area contributed by atoms with Crippen LogP contribution in [0.1, 0.15) is 54.9 Å². The Labute approximate surface area is 157 Å². The standard InChI is InChI=1S/C20H25F3N2O2/c1-14-4-2-3-11-25(14)19(27)16-9-12-24(13-10-16)18(26)15-5-7-17(8-6-15)20(21,22)23/h5-8,14,16H,2-4,9-13H2,1H3. The number of halogens is 3. The van der Waals surface area contributed by atoms with Gasteiger partial charge in [-0.25, -0.2) is 0 Å². The molecule has 7 heteroatoms. The molecular formula is C20H25F3N2O2. The molecule has 1 aromatic carbocycles. The first kappa shape index (κ1) is 19.7. The highest BCUT2D eigenvalue weighted by atomic mass is 19.4. The zero-order valence-corrected chi connectivity index (χ0v) is 15.5. The Morgan fingerprint density at radius 1 is 0.963 bits per heavy atom. The van der Waals surface area contributed by atoms with E-state index >= 15 is 0 Å². The third-order valence-electron chi connectivity index (χ3n) is 5.68. The van der Waals surface area contributed by atoms with E-state index in [0.717, 1.165) is 37.9 Å². The maximum atomic E-state index is 12.8. The topological polar surface area (TPSA) is 40.6 Å². The van der Waals surface area contributed by atoms with Crippen molar-refractivity contribution < 1.29 is 22.8 Å². The molecule has 2 heterocycles. The van der Waals surface area contributed by atoms with Gasteiger partial charge in [0.15, 0.2) is 0 Å². The smallest absolute Gasteiger partial charge is 0.340 e. The first-order chi connectivity index (χ1) is 12.8. The molecule has 0 spiro atoms. The molecule has 0 aliphatic carbocycles. The number of alkyl halides is 3. The number of carbonyl (C=O) groups excluding carboxylic acids is 2. The van der Waals surface area contributed by atoms with Crippen molar-refractivity contribution in [3.63, 3.8) is 0 Å². The van der Waals surface area contributed by atoms with Crippen molar-refractivity contribution in [3.05, 3.63) is 35.4 Å². The van der Waals surface area contributed by atoms with Gasteiger partial charge >= 0.3 is 6.18 Å². The molecule has 1 aromatic rings. The normalized spacial score (nSPS) is 22.0. The first-order valence-electron chi connectivity index (χ1n) is 9.54. The fraction of sp³-hybridized carbons (Fsp3) is 0.600. The SMILES string of the molecule is CC1CCCCN1C(=O)C1CCN(C(=O)c2ccc(C(F)(F)F)cc2)CC1. The summed E-state index contributed by atoms with van der Waals surface area (Å²) >= 11 is 0. The quantitative estimate of drug-likeness (QED) is 0.777. The van der Waals surface area contributed by atoms with Crippen LogP contribution >= 0.6 is 0 Å². The second kappa shape index (κ2) is 7.90. The summed E-state index contributed by atoms with van der Waals surface area (Å²) in [5, 5.41) is 0. The maximum Gasteiger partial charge on any atom is 0.416 e. The Kier molecular flexibility index (Phi) is 5.77. The molecule has 0 saturated carbocycles. The summed E-state index contributed by atoms with van der Waals surface area (Å²) in [6.07, 6.45) is 0.0398. The summed E-state index contributed by atoms with van der Waals surface area (Å²) in [6, 6.07) is 4.58. The van der Waals surface area contributed by atoms with Gasteiger partial charge in [0.1, 0.15) is 0 Å². The molecule has 4 nitrogen and oxygen atoms in total. The van der Waals surface area contributed by atoms with Gasteiger partial charge in [-0.15, -0.1) is 0 Å². The number of piperidine rings is 2. The van der Waals surface area contributed by atoms with Crippen LogP contribution in [-0.2, 0) is 11.0 Å². The molecule has 2 aliphatic heterocycles. The average molecular weight is 382 g/mol. The van der Waals surface area contributed by atoms with Crippen molar-refractivity contribution in [3.8, 4) is 0 Å². The predicted octanol–water partition coefficient (Wildman–Crippen LogP) is 3.96. The number of rotatable bonds is 2. The summed E-state index contributed by atoms with van der Waals surface area (Å²) in [4.78, 5) is 28.9. The van der Waals surface area contributed by atoms with Crippen LogP contribution in [0.25, 0.3) is 0 Å². The van der Waals surface area contributed by atoms with E-state index in [1.165, 1.54) is 12.1 Å². The van der Waals surface area contributed by atoms with E-state index in [-0.39, 0.29) is 29.3 Å². The lowest BCUT2D eigenvalue weighted by molar-refractivity contribution is -0.140. The number of hydrogen-bond donors (Lipinski definition) is 0. The molecule has 0 N–H and O–H groups in total. The highest BCUT2D eigenvalue weighted by molar-refractivity contribution is 5.94. The number of benzene rings is 1. The van der Waals surface area contributed by atoms with E-state index in [1.807, 2.05) is 4.90 Å². The van der Waals surface area contributed by atoms with E-state index in [9.17, 15) is 22.8 Å². The molecule has 2 aliphatic rings. The Balaban J connectivity index is 1.57. The van der Waals surface area contributed by atoms with Gasteiger partial charge in [-0.05, 0) is 63.3 Å². The molecule has 0 aromatic heterocycles. The van der Waals surface area contributed by atoms with Crippen LogP contribution in [0.3, 0.4) is 0 Å². The van der Waals surface area contributed by atoms with Gasteiger partial charge in [-0.3, -0.25) is 9.59 Å². The van der Waals surface area contributed by atoms with Gasteiger partial charge in [0, 0.05) is 37.2 Å². The van der Waals surface area contributed by atoms with E-state index in [2.05, 4.69) is 6.92 Å². The fourth-order valence-electron chi connectivity index (χ4n) is 3.97. The number of nitrogens with zero attached hydrogens (tertiary/aromatic N) is 2. The Bertz CT molecular complexity index is 679. The van der Waals surface area contributed by atoms with Crippen molar-refractivity contribution in [2.45, 2.75) is 51.2 Å². The van der Waals surface area contributed by atoms with Crippen molar-refractivity contribution in [1.82, 2.24) is 9.80 Å². The molecule has 2 amide bonds. The molecule has 1 atom stereocenters. The van der Waals surface area contributed by atoms with Crippen LogP contribution in [0.2, 0.25) is 0 Å². The summed E-state index contributed by atoms with van der Waals surface area (Å²) in [5.41, 5.74) is -0.517. The molecular weight excluding hydrogens is 357 g/mol. The Morgan fingerprint density at radius 2 is 1.59 bits per heavy atom. The van der Waals surface area contributed by atoms with Crippen molar-refractivity contribution in [1.29, 1.82) is 0 Å². The van der Waals surface area contributed by atoms with E-state index in [0.29, 0.717) is 25.9 Å². The predicted molar refractivity (Wildman–Crippen MR) is 95.1 cm³/mol. The zero-order chi connectivity index (χ0) is 19.6. The van der Waals surface area contributed by atoms with Crippen molar-refractivity contribution in [2.75, 3.05) is 19.6 Å². The van der Waals surface area contributed by atoms with Crippen molar-refractivity contribution >= 4 is 11.8 Å². The lowest BCUT2D eigenvalue weighted by Crippen LogP contribution is -2.48. The lowest BCUT2D eigenvalue weighted by Gasteiger charge is -2.38.